The highest BCUT2D eigenvalue weighted by molar-refractivity contribution is 4.65. The van der Waals surface area contributed by atoms with Gasteiger partial charge < -0.3 is 4.90 Å². The van der Waals surface area contributed by atoms with Crippen LogP contribution >= 0.6 is 0 Å². The van der Waals surface area contributed by atoms with E-state index in [1.165, 1.54) is 174 Å². The van der Waals surface area contributed by atoms with Crippen LogP contribution in [0.1, 0.15) is 168 Å². The maximum Gasteiger partial charge on any atom is -0.00187 e. The Balaban J connectivity index is 1.69. The summed E-state index contributed by atoms with van der Waals surface area (Å²) in [7, 11) is 0. The van der Waals surface area contributed by atoms with Crippen molar-refractivity contribution in [3.8, 4) is 0 Å². The summed E-state index contributed by atoms with van der Waals surface area (Å²) in [5.74, 6) is 1.10. The van der Waals surface area contributed by atoms with Crippen molar-refractivity contribution in [3.63, 3.8) is 0 Å². The second kappa shape index (κ2) is 23.1. The van der Waals surface area contributed by atoms with Crippen molar-refractivity contribution < 1.29 is 0 Å². The van der Waals surface area contributed by atoms with Crippen LogP contribution in [0.25, 0.3) is 0 Å². The third-order valence-electron chi connectivity index (χ3n) is 7.64. The van der Waals surface area contributed by atoms with Crippen LogP contribution in [0.2, 0.25) is 0 Å². The molecule has 1 nitrogen and oxygen atoms in total. The molecule has 0 aromatic carbocycles. The van der Waals surface area contributed by atoms with E-state index in [2.05, 4.69) is 18.7 Å². The van der Waals surface area contributed by atoms with Gasteiger partial charge in [-0.25, -0.2) is 0 Å². The van der Waals surface area contributed by atoms with Crippen LogP contribution < -0.4 is 0 Å². The molecule has 1 heteroatoms. The lowest BCUT2D eigenvalue weighted by molar-refractivity contribution is 0.267. The van der Waals surface area contributed by atoms with Crippen molar-refractivity contribution in [1.29, 1.82) is 0 Å². The first-order valence-electron chi connectivity index (χ1n) is 15.1. The normalized spacial score (nSPS) is 15.2. The number of rotatable bonds is 23. The van der Waals surface area contributed by atoms with Gasteiger partial charge in [0, 0.05) is 0 Å². The fraction of sp³-hybridized carbons (Fsp3) is 1.00. The maximum absolute atomic E-state index is 2.66. The Morgan fingerprint density at radius 3 is 1.26 bits per heavy atom. The quantitative estimate of drug-likeness (QED) is 0.144. The van der Waals surface area contributed by atoms with Crippen molar-refractivity contribution in [2.45, 2.75) is 168 Å². The Morgan fingerprint density at radius 2 is 0.839 bits per heavy atom. The number of unbranched alkanes of at least 4 members (excludes halogenated alkanes) is 15. The van der Waals surface area contributed by atoms with Gasteiger partial charge in [0.2, 0.25) is 0 Å². The molecular formula is C30H61N. The third kappa shape index (κ3) is 19.2. The highest BCUT2D eigenvalue weighted by Gasteiger charge is 2.12. The summed E-state index contributed by atoms with van der Waals surface area (Å²) in [6, 6.07) is 0. The molecule has 0 amide bonds. The molecule has 0 atom stereocenters. The van der Waals surface area contributed by atoms with Crippen molar-refractivity contribution in [2.75, 3.05) is 19.6 Å². The van der Waals surface area contributed by atoms with Gasteiger partial charge in [-0.15, -0.1) is 0 Å². The summed E-state index contributed by atoms with van der Waals surface area (Å²) in [6.45, 7) is 8.55. The van der Waals surface area contributed by atoms with E-state index >= 15 is 0 Å². The van der Waals surface area contributed by atoms with Crippen molar-refractivity contribution in [1.82, 2.24) is 4.90 Å². The molecule has 0 unspecified atom stereocenters. The molecular weight excluding hydrogens is 374 g/mol. The summed E-state index contributed by atoms with van der Waals surface area (Å²) in [6.07, 6.45) is 35.5. The van der Waals surface area contributed by atoms with E-state index in [1.54, 1.807) is 0 Å². The zero-order chi connectivity index (χ0) is 22.2. The van der Waals surface area contributed by atoms with Gasteiger partial charge in [0.25, 0.3) is 0 Å². The molecule has 0 aliphatic heterocycles. The molecule has 0 saturated heterocycles. The minimum Gasteiger partial charge on any atom is -0.303 e. The Morgan fingerprint density at radius 1 is 0.452 bits per heavy atom. The molecule has 1 rings (SSSR count). The smallest absolute Gasteiger partial charge is 0.00187 e. The third-order valence-corrected chi connectivity index (χ3v) is 7.64. The van der Waals surface area contributed by atoms with Crippen molar-refractivity contribution in [3.05, 3.63) is 0 Å². The summed E-state index contributed by atoms with van der Waals surface area (Å²) in [5.41, 5.74) is 0. The first-order valence-corrected chi connectivity index (χ1v) is 15.1. The van der Waals surface area contributed by atoms with E-state index in [0.717, 1.165) is 5.92 Å². The molecule has 0 bridgehead atoms. The van der Waals surface area contributed by atoms with Gasteiger partial charge in [0.15, 0.2) is 0 Å². The molecule has 0 radical (unpaired) electrons. The maximum atomic E-state index is 2.66. The molecule has 1 aliphatic carbocycles. The minimum atomic E-state index is 1.10. The molecule has 31 heavy (non-hydrogen) atoms. The lowest BCUT2D eigenvalue weighted by Gasteiger charge is -2.21. The van der Waals surface area contributed by atoms with E-state index in [0.29, 0.717) is 0 Å². The van der Waals surface area contributed by atoms with Crippen molar-refractivity contribution in [2.24, 2.45) is 5.92 Å². The van der Waals surface area contributed by atoms with E-state index in [1.807, 2.05) is 0 Å². The van der Waals surface area contributed by atoms with Gasteiger partial charge in [-0.1, -0.05) is 149 Å². The highest BCUT2D eigenvalue weighted by atomic mass is 15.1. The second-order valence-electron chi connectivity index (χ2n) is 10.8. The SMILES string of the molecule is CCCN(CCC)CCCCCCCCCCCCCCCCCCC1CCCCC1. The zero-order valence-corrected chi connectivity index (χ0v) is 22.1. The van der Waals surface area contributed by atoms with E-state index in [9.17, 15) is 0 Å². The van der Waals surface area contributed by atoms with E-state index in [4.69, 9.17) is 0 Å². The lowest BCUT2D eigenvalue weighted by atomic mass is 9.85. The Kier molecular flexibility index (Phi) is 21.6. The zero-order valence-electron chi connectivity index (χ0n) is 22.1. The van der Waals surface area contributed by atoms with Crippen LogP contribution in [-0.4, -0.2) is 24.5 Å². The Labute approximate surface area is 198 Å². The highest BCUT2D eigenvalue weighted by Crippen LogP contribution is 2.28. The number of hydrogen-bond acceptors (Lipinski definition) is 1. The van der Waals surface area contributed by atoms with Gasteiger partial charge in [-0.05, 0) is 44.8 Å². The first-order chi connectivity index (χ1) is 15.4. The predicted octanol–water partition coefficient (Wildman–Crippen LogP) is 10.3. The average molecular weight is 436 g/mol. The summed E-state index contributed by atoms with van der Waals surface area (Å²) in [5, 5.41) is 0. The molecule has 1 saturated carbocycles. The van der Waals surface area contributed by atoms with Crippen LogP contribution in [-0.2, 0) is 0 Å². The van der Waals surface area contributed by atoms with Crippen molar-refractivity contribution >= 4 is 0 Å². The van der Waals surface area contributed by atoms with Gasteiger partial charge in [-0.2, -0.15) is 0 Å². The average Bonchev–Trinajstić information content (AvgIpc) is 2.79. The topological polar surface area (TPSA) is 3.24 Å². The van der Waals surface area contributed by atoms with Crippen LogP contribution in [0.4, 0.5) is 0 Å². The molecule has 0 N–H and O–H groups in total. The molecule has 0 heterocycles. The molecule has 1 fully saturated rings. The largest absolute Gasteiger partial charge is 0.303 e. The van der Waals surface area contributed by atoms with E-state index in [-0.39, 0.29) is 0 Å². The molecule has 0 aromatic heterocycles. The number of hydrogen-bond donors (Lipinski definition) is 0. The van der Waals surface area contributed by atoms with Crippen LogP contribution in [0.15, 0.2) is 0 Å². The second-order valence-corrected chi connectivity index (χ2v) is 10.8. The van der Waals surface area contributed by atoms with Crippen LogP contribution in [0.3, 0.4) is 0 Å². The van der Waals surface area contributed by atoms with E-state index < -0.39 is 0 Å². The summed E-state index contributed by atoms with van der Waals surface area (Å²) >= 11 is 0. The first kappa shape index (κ1) is 29.0. The Bertz CT molecular complexity index is 327. The van der Waals surface area contributed by atoms with Gasteiger partial charge in [0.05, 0.1) is 0 Å². The Hall–Kier alpha value is -0.0400. The van der Waals surface area contributed by atoms with Crippen LogP contribution in [0, 0.1) is 5.92 Å². The van der Waals surface area contributed by atoms with Gasteiger partial charge in [0.1, 0.15) is 0 Å². The summed E-state index contributed by atoms with van der Waals surface area (Å²) in [4.78, 5) is 2.66. The molecule has 0 aromatic rings. The predicted molar refractivity (Wildman–Crippen MR) is 142 cm³/mol. The van der Waals surface area contributed by atoms with Crippen LogP contribution in [0.5, 0.6) is 0 Å². The monoisotopic (exact) mass is 435 g/mol. The summed E-state index contributed by atoms with van der Waals surface area (Å²) < 4.78 is 0. The standard InChI is InChI=1S/C30H61N/c1-3-27-31(28-4-2)29-23-18-16-14-12-10-8-6-5-7-9-11-13-15-17-20-24-30-25-21-19-22-26-30/h30H,3-29H2,1-2H3. The molecule has 1 aliphatic rings. The number of nitrogens with zero attached hydrogens (tertiary/aromatic N) is 1. The van der Waals surface area contributed by atoms with Gasteiger partial charge >= 0.3 is 0 Å². The van der Waals surface area contributed by atoms with Gasteiger partial charge in [-0.3, -0.25) is 0 Å². The minimum absolute atomic E-state index is 1.10. The lowest BCUT2D eigenvalue weighted by Crippen LogP contribution is -2.26. The fourth-order valence-electron chi connectivity index (χ4n) is 5.69. The molecule has 186 valence electrons. The fourth-order valence-corrected chi connectivity index (χ4v) is 5.69. The molecule has 0 spiro atoms.